The molecule has 0 fully saturated rings. The van der Waals surface area contributed by atoms with E-state index in [0.717, 1.165) is 23.4 Å². The summed E-state index contributed by atoms with van der Waals surface area (Å²) in [7, 11) is 0. The summed E-state index contributed by atoms with van der Waals surface area (Å²) in [5.74, 6) is 0.397. The van der Waals surface area contributed by atoms with Gasteiger partial charge in [0.25, 0.3) is 5.56 Å². The summed E-state index contributed by atoms with van der Waals surface area (Å²) >= 11 is -0.304. The number of hydrogen-bond donors (Lipinski definition) is 4. The van der Waals surface area contributed by atoms with Gasteiger partial charge in [-0.25, -0.2) is 13.1 Å². The van der Waals surface area contributed by atoms with E-state index in [1.54, 1.807) is 19.2 Å². The van der Waals surface area contributed by atoms with E-state index in [1.807, 2.05) is 19.2 Å². The summed E-state index contributed by atoms with van der Waals surface area (Å²) < 4.78 is 8.83. The van der Waals surface area contributed by atoms with Crippen molar-refractivity contribution in [3.05, 3.63) is 57.5 Å². The van der Waals surface area contributed by atoms with Crippen LogP contribution in [0, 0.1) is 13.8 Å². The average Bonchev–Trinajstić information content (AvgIpc) is 3.20. The minimum atomic E-state index is -0.323. The molecule has 1 aliphatic heterocycles. The van der Waals surface area contributed by atoms with Crippen molar-refractivity contribution in [2.45, 2.75) is 33.4 Å². The van der Waals surface area contributed by atoms with E-state index in [1.165, 1.54) is 4.57 Å². The minimum absolute atomic E-state index is 0.0840. The zero-order valence-electron chi connectivity index (χ0n) is 16.2. The summed E-state index contributed by atoms with van der Waals surface area (Å²) in [5.41, 5.74) is 8.63. The number of nitrogen functional groups attached to an aromatic ring is 1. The van der Waals surface area contributed by atoms with Crippen LogP contribution in [0.4, 0.5) is 11.6 Å². The standard InChI is InChI=1S/C18H23IN8O2/c1-11-7-23-17(21-6-5-14-9-24-19-26-14)18(29)27(11)10-16(28)22-8-13-3-4-15(20)25-12(13)2/h3-4,7,9H,5-6,8,10H2,1-2H3,(H2,20,25)(H,21,23)(H,22,28)(H,24,26). The molecule has 0 aliphatic carbocycles. The highest BCUT2D eigenvalue weighted by Crippen LogP contribution is 2.13. The van der Waals surface area contributed by atoms with Gasteiger partial charge in [-0.05, 0) is 25.5 Å². The van der Waals surface area contributed by atoms with Gasteiger partial charge in [-0.15, -0.1) is 0 Å². The van der Waals surface area contributed by atoms with Crippen LogP contribution in [0.25, 0.3) is 0 Å². The molecule has 154 valence electrons. The second-order valence-corrected chi connectivity index (χ2v) is 8.08. The number of nitrogens with one attached hydrogen (secondary N) is 3. The Balaban J connectivity index is 1.60. The Bertz CT molecular complexity index is 1030. The number of aryl methyl sites for hydroxylation is 2. The van der Waals surface area contributed by atoms with Crippen LogP contribution in [0.2, 0.25) is 0 Å². The Hall–Kier alpha value is -2.83. The molecule has 5 N–H and O–H groups in total. The maximum atomic E-state index is 12.7. The molecular formula is C18H23IN8O2. The quantitative estimate of drug-likeness (QED) is 0.312. The van der Waals surface area contributed by atoms with E-state index < -0.39 is 0 Å². The van der Waals surface area contributed by atoms with Crippen molar-refractivity contribution in [2.24, 2.45) is 3.15 Å². The molecule has 2 aromatic heterocycles. The topological polar surface area (TPSA) is 139 Å². The first kappa shape index (κ1) is 20.9. The fourth-order valence-corrected chi connectivity index (χ4v) is 4.03. The van der Waals surface area contributed by atoms with Gasteiger partial charge in [0.15, 0.2) is 5.82 Å². The third-order valence-corrected chi connectivity index (χ3v) is 5.84. The number of nitrogens with zero attached hydrogens (tertiary/aromatic N) is 4. The molecule has 1 aliphatic rings. The van der Waals surface area contributed by atoms with Gasteiger partial charge in [0.1, 0.15) is 33.7 Å². The lowest BCUT2D eigenvalue weighted by Gasteiger charge is -2.13. The smallest absolute Gasteiger partial charge is 0.293 e. The number of aromatic nitrogens is 3. The molecular weight excluding hydrogens is 487 g/mol. The normalized spacial score (nSPS) is 12.7. The minimum Gasteiger partial charge on any atom is -0.384 e. The van der Waals surface area contributed by atoms with Crippen LogP contribution in [0.15, 0.2) is 38.2 Å². The first-order valence-corrected chi connectivity index (χ1v) is 11.1. The van der Waals surface area contributed by atoms with Gasteiger partial charge in [0.05, 0.1) is 6.20 Å². The van der Waals surface area contributed by atoms with Crippen molar-refractivity contribution >= 4 is 38.8 Å². The van der Waals surface area contributed by atoms with E-state index in [-0.39, 0.29) is 45.1 Å². The lowest BCUT2D eigenvalue weighted by Crippen LogP contribution is -2.34. The predicted octanol–water partition coefficient (Wildman–Crippen LogP) is 1.47. The summed E-state index contributed by atoms with van der Waals surface area (Å²) in [6.07, 6.45) is 4.14. The molecule has 11 heteroatoms. The van der Waals surface area contributed by atoms with E-state index in [4.69, 9.17) is 5.73 Å². The Labute approximate surface area is 178 Å². The van der Waals surface area contributed by atoms with Crippen molar-refractivity contribution < 1.29 is 4.79 Å². The molecule has 10 nitrogen and oxygen atoms in total. The fourth-order valence-electron chi connectivity index (χ4n) is 2.69. The van der Waals surface area contributed by atoms with Gasteiger partial charge in [0, 0.05) is 42.8 Å². The van der Waals surface area contributed by atoms with E-state index in [2.05, 4.69) is 27.3 Å². The zero-order valence-corrected chi connectivity index (χ0v) is 18.4. The summed E-state index contributed by atoms with van der Waals surface area (Å²) in [6, 6.07) is 3.52. The van der Waals surface area contributed by atoms with Crippen LogP contribution >= 0.6 is 21.3 Å². The molecule has 0 spiro atoms. The van der Waals surface area contributed by atoms with Crippen molar-refractivity contribution in [1.82, 2.24) is 23.4 Å². The molecule has 0 saturated heterocycles. The maximum absolute atomic E-state index is 12.7. The van der Waals surface area contributed by atoms with Crippen molar-refractivity contribution in [3.8, 4) is 0 Å². The highest BCUT2D eigenvalue weighted by atomic mass is 127. The summed E-state index contributed by atoms with van der Waals surface area (Å²) in [6.45, 7) is 4.37. The van der Waals surface area contributed by atoms with Crippen LogP contribution in [-0.2, 0) is 17.9 Å². The largest absolute Gasteiger partial charge is 0.384 e. The lowest BCUT2D eigenvalue weighted by atomic mass is 10.2. The third-order valence-electron chi connectivity index (χ3n) is 4.35. The fraction of sp³-hybridized carbons (Fsp3) is 0.333. The van der Waals surface area contributed by atoms with E-state index in [0.29, 0.717) is 24.6 Å². The SMILES string of the molecule is Cc1nc(N)ccc1CNC(=O)Cn1c(C)cnc(NCCC2=CN=IN2)c1=O. The second kappa shape index (κ2) is 9.58. The Morgan fingerprint density at radius 3 is 2.90 bits per heavy atom. The van der Waals surface area contributed by atoms with Crippen molar-refractivity contribution in [2.75, 3.05) is 17.6 Å². The molecule has 2 aromatic rings. The third kappa shape index (κ3) is 5.59. The van der Waals surface area contributed by atoms with Crippen LogP contribution in [0.1, 0.15) is 23.4 Å². The molecule has 0 aromatic carbocycles. The molecule has 0 atom stereocenters. The lowest BCUT2D eigenvalue weighted by molar-refractivity contribution is -0.121. The predicted molar refractivity (Wildman–Crippen MR) is 119 cm³/mol. The number of carbonyl (C=O) groups is 1. The van der Waals surface area contributed by atoms with Gasteiger partial charge >= 0.3 is 0 Å². The molecule has 0 saturated carbocycles. The van der Waals surface area contributed by atoms with Gasteiger partial charge in [-0.1, -0.05) is 6.07 Å². The maximum Gasteiger partial charge on any atom is 0.293 e. The Morgan fingerprint density at radius 2 is 2.17 bits per heavy atom. The number of rotatable bonds is 8. The van der Waals surface area contributed by atoms with Crippen LogP contribution in [0.5, 0.6) is 0 Å². The summed E-state index contributed by atoms with van der Waals surface area (Å²) in [4.78, 5) is 33.4. The van der Waals surface area contributed by atoms with Gasteiger partial charge in [0.2, 0.25) is 5.91 Å². The number of amides is 1. The second-order valence-electron chi connectivity index (χ2n) is 6.50. The average molecular weight is 510 g/mol. The molecule has 0 unspecified atom stereocenters. The van der Waals surface area contributed by atoms with Gasteiger partial charge in [-0.2, -0.15) is 0 Å². The van der Waals surface area contributed by atoms with Gasteiger partial charge < -0.3 is 19.9 Å². The van der Waals surface area contributed by atoms with Crippen molar-refractivity contribution in [3.63, 3.8) is 0 Å². The number of nitrogens with two attached hydrogens (primary N) is 1. The first-order valence-electron chi connectivity index (χ1n) is 9.01. The monoisotopic (exact) mass is 510 g/mol. The molecule has 3 rings (SSSR count). The molecule has 29 heavy (non-hydrogen) atoms. The number of anilines is 2. The van der Waals surface area contributed by atoms with Crippen LogP contribution in [0.3, 0.4) is 0 Å². The molecule has 0 bridgehead atoms. The summed E-state index contributed by atoms with van der Waals surface area (Å²) in [5, 5.41) is 5.86. The highest BCUT2D eigenvalue weighted by molar-refractivity contribution is 14.1. The number of halogens is 1. The van der Waals surface area contributed by atoms with Crippen molar-refractivity contribution in [1.29, 1.82) is 0 Å². The Morgan fingerprint density at radius 1 is 1.34 bits per heavy atom. The zero-order chi connectivity index (χ0) is 20.8. The first-order chi connectivity index (χ1) is 13.9. The Kier molecular flexibility index (Phi) is 6.90. The highest BCUT2D eigenvalue weighted by Gasteiger charge is 2.12. The van der Waals surface area contributed by atoms with Gasteiger partial charge in [-0.3, -0.25) is 14.2 Å². The van der Waals surface area contributed by atoms with E-state index >= 15 is 0 Å². The number of carbonyl (C=O) groups excluding carboxylic acids is 1. The van der Waals surface area contributed by atoms with Crippen LogP contribution < -0.4 is 25.5 Å². The number of pyridine rings is 1. The molecule has 3 heterocycles. The van der Waals surface area contributed by atoms with Crippen LogP contribution in [-0.4, -0.2) is 27.0 Å². The van der Waals surface area contributed by atoms with E-state index in [9.17, 15) is 9.59 Å². The molecule has 1 amide bonds. The number of hydrogen-bond acceptors (Lipinski definition) is 8. The molecule has 0 radical (unpaired) electrons.